The highest BCUT2D eigenvalue weighted by Gasteiger charge is 2.08. The van der Waals surface area contributed by atoms with Crippen molar-refractivity contribution in [2.24, 2.45) is 0 Å². The lowest BCUT2D eigenvalue weighted by molar-refractivity contribution is 0.736. The number of rotatable bonds is 2. The van der Waals surface area contributed by atoms with Gasteiger partial charge in [0.25, 0.3) is 0 Å². The molecule has 0 bridgehead atoms. The van der Waals surface area contributed by atoms with Crippen LogP contribution in [-0.2, 0) is 6.54 Å². The molecule has 0 aliphatic heterocycles. The minimum Gasteiger partial charge on any atom is -0.331 e. The third-order valence-corrected chi connectivity index (χ3v) is 2.47. The lowest BCUT2D eigenvalue weighted by atomic mass is 10.4. The number of nitriles is 1. The molecule has 6 heteroatoms. The normalized spacial score (nSPS) is 10.5. The molecule has 0 unspecified atom stereocenters. The summed E-state index contributed by atoms with van der Waals surface area (Å²) < 4.78 is 1.83. The van der Waals surface area contributed by atoms with Crippen LogP contribution >= 0.6 is 23.2 Å². The Morgan fingerprint density at radius 3 is 2.93 bits per heavy atom. The first-order valence-corrected chi connectivity index (χ1v) is 5.03. The molecule has 0 aromatic carbocycles. The summed E-state index contributed by atoms with van der Waals surface area (Å²) in [5, 5.41) is 9.70. The summed E-state index contributed by atoms with van der Waals surface area (Å²) in [5.41, 5.74) is 0.662. The first kappa shape index (κ1) is 10.2. The van der Waals surface area contributed by atoms with Crippen molar-refractivity contribution in [1.82, 2.24) is 14.5 Å². The van der Waals surface area contributed by atoms with Crippen molar-refractivity contribution in [3.05, 3.63) is 22.7 Å². The molecule has 0 atom stereocenters. The maximum Gasteiger partial charge on any atom is 0.225 e. The fraction of sp³-hybridized carbons (Fsp3) is 0.222. The van der Waals surface area contributed by atoms with Crippen LogP contribution in [0.5, 0.6) is 0 Å². The van der Waals surface area contributed by atoms with E-state index in [9.17, 15) is 0 Å². The molecule has 0 radical (unpaired) electrons. The third-order valence-electron chi connectivity index (χ3n) is 2.01. The largest absolute Gasteiger partial charge is 0.331 e. The maximum atomic E-state index is 8.50. The van der Waals surface area contributed by atoms with E-state index in [1.54, 1.807) is 0 Å². The molecule has 0 fully saturated rings. The van der Waals surface area contributed by atoms with Crippen LogP contribution in [0.4, 0.5) is 0 Å². The first-order chi connectivity index (χ1) is 7.22. The highest BCUT2D eigenvalue weighted by atomic mass is 35.5. The Morgan fingerprint density at radius 2 is 2.20 bits per heavy atom. The monoisotopic (exact) mass is 240 g/mol. The first-order valence-electron chi connectivity index (χ1n) is 4.27. The Morgan fingerprint density at radius 1 is 1.40 bits per heavy atom. The van der Waals surface area contributed by atoms with Crippen molar-refractivity contribution >= 4 is 34.2 Å². The van der Waals surface area contributed by atoms with E-state index >= 15 is 0 Å². The fourth-order valence-electron chi connectivity index (χ4n) is 1.35. The number of halogens is 2. The second kappa shape index (κ2) is 4.05. The van der Waals surface area contributed by atoms with E-state index in [1.807, 2.05) is 16.8 Å². The van der Waals surface area contributed by atoms with E-state index in [-0.39, 0.29) is 5.28 Å². The van der Waals surface area contributed by atoms with E-state index in [4.69, 9.17) is 28.5 Å². The topological polar surface area (TPSA) is 54.5 Å². The summed E-state index contributed by atoms with van der Waals surface area (Å²) in [6, 6.07) is 3.88. The zero-order chi connectivity index (χ0) is 10.8. The molecule has 0 amide bonds. The van der Waals surface area contributed by atoms with Gasteiger partial charge < -0.3 is 4.57 Å². The molecule has 0 aliphatic rings. The van der Waals surface area contributed by atoms with Gasteiger partial charge in [-0.05, 0) is 17.7 Å². The number of nitrogens with zero attached hydrogens (tertiary/aromatic N) is 4. The summed E-state index contributed by atoms with van der Waals surface area (Å²) in [7, 11) is 0. The standard InChI is InChI=1S/C9H6Cl2N4/c10-7-6-2-5-15(4-1-3-12)8(6)14-9(11)13-7/h2,5H,1,4H2. The van der Waals surface area contributed by atoms with E-state index < -0.39 is 0 Å². The lowest BCUT2D eigenvalue weighted by Gasteiger charge is -2.01. The number of fused-ring (bicyclic) bond motifs is 1. The van der Waals surface area contributed by atoms with Crippen LogP contribution in [0.3, 0.4) is 0 Å². The van der Waals surface area contributed by atoms with Gasteiger partial charge in [-0.15, -0.1) is 0 Å². The van der Waals surface area contributed by atoms with E-state index in [2.05, 4.69) is 16.0 Å². The Kier molecular flexibility index (Phi) is 2.76. The Balaban J connectivity index is 2.54. The van der Waals surface area contributed by atoms with Crippen molar-refractivity contribution < 1.29 is 0 Å². The van der Waals surface area contributed by atoms with Crippen molar-refractivity contribution in [3.63, 3.8) is 0 Å². The Labute approximate surface area is 96.1 Å². The highest BCUT2D eigenvalue weighted by Crippen LogP contribution is 2.22. The summed E-state index contributed by atoms with van der Waals surface area (Å²) in [4.78, 5) is 7.91. The molecule has 0 aliphatic carbocycles. The van der Waals surface area contributed by atoms with Gasteiger partial charge in [-0.1, -0.05) is 11.6 Å². The van der Waals surface area contributed by atoms with Crippen LogP contribution in [0.15, 0.2) is 12.3 Å². The van der Waals surface area contributed by atoms with Crippen molar-refractivity contribution in [3.8, 4) is 6.07 Å². The molecule has 2 rings (SSSR count). The molecule has 15 heavy (non-hydrogen) atoms. The van der Waals surface area contributed by atoms with Gasteiger partial charge >= 0.3 is 0 Å². The van der Waals surface area contributed by atoms with E-state index in [1.165, 1.54) is 0 Å². The molecule has 0 saturated heterocycles. The third kappa shape index (κ3) is 1.89. The van der Waals surface area contributed by atoms with Crippen LogP contribution in [0.25, 0.3) is 11.0 Å². The van der Waals surface area contributed by atoms with Gasteiger partial charge in [0.15, 0.2) is 0 Å². The van der Waals surface area contributed by atoms with Gasteiger partial charge in [-0.2, -0.15) is 10.2 Å². The average Bonchev–Trinajstić information content (AvgIpc) is 2.58. The van der Waals surface area contributed by atoms with E-state index in [0.717, 1.165) is 5.39 Å². The minimum absolute atomic E-state index is 0.115. The Hall–Kier alpha value is -1.31. The summed E-state index contributed by atoms with van der Waals surface area (Å²) >= 11 is 11.6. The van der Waals surface area contributed by atoms with Gasteiger partial charge in [0.2, 0.25) is 5.28 Å². The molecular weight excluding hydrogens is 235 g/mol. The molecule has 2 heterocycles. The second-order valence-corrected chi connectivity index (χ2v) is 3.63. The van der Waals surface area contributed by atoms with Crippen LogP contribution in [0, 0.1) is 11.3 Å². The molecule has 2 aromatic heterocycles. The van der Waals surface area contributed by atoms with Gasteiger partial charge in [-0.3, -0.25) is 0 Å². The average molecular weight is 241 g/mol. The fourth-order valence-corrected chi connectivity index (χ4v) is 1.79. The van der Waals surface area contributed by atoms with Crippen LogP contribution in [0.1, 0.15) is 6.42 Å². The zero-order valence-corrected chi connectivity index (χ0v) is 9.13. The predicted octanol–water partition coefficient (Wildman–Crippen LogP) is 2.65. The maximum absolute atomic E-state index is 8.50. The number of aromatic nitrogens is 3. The predicted molar refractivity (Wildman–Crippen MR) is 57.8 cm³/mol. The van der Waals surface area contributed by atoms with Gasteiger partial charge in [-0.25, -0.2) is 4.98 Å². The summed E-state index contributed by atoms with van der Waals surface area (Å²) in [6.07, 6.45) is 2.24. The summed E-state index contributed by atoms with van der Waals surface area (Å²) in [6.45, 7) is 0.573. The van der Waals surface area contributed by atoms with Gasteiger partial charge in [0, 0.05) is 12.7 Å². The smallest absolute Gasteiger partial charge is 0.225 e. The zero-order valence-electron chi connectivity index (χ0n) is 7.61. The van der Waals surface area contributed by atoms with Crippen molar-refractivity contribution in [2.45, 2.75) is 13.0 Å². The summed E-state index contributed by atoms with van der Waals surface area (Å²) in [5.74, 6) is 0. The van der Waals surface area contributed by atoms with Crippen LogP contribution < -0.4 is 0 Å². The molecule has 0 spiro atoms. The van der Waals surface area contributed by atoms with E-state index in [0.29, 0.717) is 23.8 Å². The van der Waals surface area contributed by atoms with Gasteiger partial charge in [0.05, 0.1) is 17.9 Å². The molecule has 2 aromatic rings. The molecule has 0 saturated carbocycles. The SMILES string of the molecule is N#CCCn1ccc2c(Cl)nc(Cl)nc21. The number of hydrogen-bond acceptors (Lipinski definition) is 3. The molecule has 4 nitrogen and oxygen atoms in total. The second-order valence-electron chi connectivity index (χ2n) is 2.94. The van der Waals surface area contributed by atoms with Crippen LogP contribution in [0.2, 0.25) is 10.4 Å². The van der Waals surface area contributed by atoms with Crippen molar-refractivity contribution in [2.75, 3.05) is 0 Å². The Bertz CT molecular complexity index is 541. The minimum atomic E-state index is 0.115. The molecule has 0 N–H and O–H groups in total. The lowest BCUT2D eigenvalue weighted by Crippen LogP contribution is -1.97. The van der Waals surface area contributed by atoms with Gasteiger partial charge in [0.1, 0.15) is 10.8 Å². The molecule has 76 valence electrons. The van der Waals surface area contributed by atoms with Crippen LogP contribution in [-0.4, -0.2) is 14.5 Å². The molecular formula is C9H6Cl2N4. The number of aryl methyl sites for hydroxylation is 1. The number of hydrogen-bond donors (Lipinski definition) is 0. The van der Waals surface area contributed by atoms with Crippen molar-refractivity contribution in [1.29, 1.82) is 5.26 Å². The highest BCUT2D eigenvalue weighted by molar-refractivity contribution is 6.35. The quantitative estimate of drug-likeness (QED) is 0.599.